The summed E-state index contributed by atoms with van der Waals surface area (Å²) in [5.74, 6) is 0. The van der Waals surface area contributed by atoms with Crippen molar-refractivity contribution in [1.82, 2.24) is 29.6 Å². The smallest absolute Gasteiger partial charge is 0.0271 e. The molecule has 5 rings (SSSR count). The fraction of sp³-hybridized carbons (Fsp3) is 0.429. The van der Waals surface area contributed by atoms with Crippen molar-refractivity contribution in [3.8, 4) is 0 Å². The molecule has 2 fully saturated rings. The van der Waals surface area contributed by atoms with Crippen molar-refractivity contribution in [1.29, 1.82) is 0 Å². The number of rotatable bonds is 8. The lowest BCUT2D eigenvalue weighted by Gasteiger charge is -2.35. The maximum absolute atomic E-state index is 4.12. The van der Waals surface area contributed by atoms with E-state index in [0.29, 0.717) is 0 Å². The Hall–Kier alpha value is -2.64. The Morgan fingerprint density at radius 1 is 0.382 bits per heavy atom. The molecule has 0 saturated carbocycles. The van der Waals surface area contributed by atoms with Crippen LogP contribution in [0.15, 0.2) is 73.3 Å². The van der Waals surface area contributed by atoms with Gasteiger partial charge < -0.3 is 0 Å². The Balaban J connectivity index is 1.02. The number of pyridine rings is 2. The van der Waals surface area contributed by atoms with Gasteiger partial charge in [0.1, 0.15) is 0 Å². The standard InChI is InChI=1S/C28H36N6/c1-2-26(22-32-15-19-34(20-16-32)24-28-7-11-30-12-8-28)4-3-25(1)21-31-13-17-33(18-14-31)23-27-5-9-29-10-6-27/h1-12H,13-24H2. The Morgan fingerprint density at radius 3 is 0.882 bits per heavy atom. The van der Waals surface area contributed by atoms with E-state index in [1.54, 1.807) is 0 Å². The zero-order valence-electron chi connectivity index (χ0n) is 20.1. The van der Waals surface area contributed by atoms with Crippen LogP contribution in [-0.2, 0) is 26.2 Å². The van der Waals surface area contributed by atoms with Crippen LogP contribution in [0.2, 0.25) is 0 Å². The van der Waals surface area contributed by atoms with Crippen molar-refractivity contribution in [3.63, 3.8) is 0 Å². The first-order chi connectivity index (χ1) is 16.8. The molecule has 0 aliphatic carbocycles. The summed E-state index contributed by atoms with van der Waals surface area (Å²) in [4.78, 5) is 18.5. The van der Waals surface area contributed by atoms with Gasteiger partial charge in [0, 0.05) is 103 Å². The monoisotopic (exact) mass is 456 g/mol. The quantitative estimate of drug-likeness (QED) is 0.519. The summed E-state index contributed by atoms with van der Waals surface area (Å²) in [6, 6.07) is 17.8. The van der Waals surface area contributed by atoms with Gasteiger partial charge in [0.05, 0.1) is 0 Å². The Labute approximate surface area is 203 Å². The number of hydrogen-bond donors (Lipinski definition) is 0. The maximum Gasteiger partial charge on any atom is 0.0271 e. The van der Waals surface area contributed by atoms with Crippen LogP contribution in [0.25, 0.3) is 0 Å². The fourth-order valence-electron chi connectivity index (χ4n) is 4.97. The largest absolute Gasteiger partial charge is 0.297 e. The molecule has 4 heterocycles. The van der Waals surface area contributed by atoms with Crippen molar-refractivity contribution in [2.24, 2.45) is 0 Å². The zero-order valence-corrected chi connectivity index (χ0v) is 20.1. The van der Waals surface area contributed by atoms with E-state index < -0.39 is 0 Å². The van der Waals surface area contributed by atoms with Gasteiger partial charge in [-0.15, -0.1) is 0 Å². The van der Waals surface area contributed by atoms with E-state index in [0.717, 1.165) is 78.5 Å². The van der Waals surface area contributed by atoms with Gasteiger partial charge in [-0.2, -0.15) is 0 Å². The van der Waals surface area contributed by atoms with E-state index in [1.807, 2.05) is 24.8 Å². The van der Waals surface area contributed by atoms with Crippen LogP contribution in [-0.4, -0.2) is 81.9 Å². The van der Waals surface area contributed by atoms with Crippen LogP contribution in [0.1, 0.15) is 22.3 Å². The molecule has 6 heteroatoms. The highest BCUT2D eigenvalue weighted by Gasteiger charge is 2.18. The molecule has 0 N–H and O–H groups in total. The highest BCUT2D eigenvalue weighted by atomic mass is 15.3. The van der Waals surface area contributed by atoms with Crippen molar-refractivity contribution < 1.29 is 0 Å². The number of aromatic nitrogens is 2. The third-order valence-corrected chi connectivity index (χ3v) is 7.08. The number of piperazine rings is 2. The average Bonchev–Trinajstić information content (AvgIpc) is 2.89. The molecule has 2 aliphatic rings. The molecule has 0 spiro atoms. The van der Waals surface area contributed by atoms with E-state index in [-0.39, 0.29) is 0 Å². The molecular formula is C28H36N6. The second kappa shape index (κ2) is 11.7. The predicted molar refractivity (Wildman–Crippen MR) is 136 cm³/mol. The van der Waals surface area contributed by atoms with Gasteiger partial charge in [0.15, 0.2) is 0 Å². The predicted octanol–water partition coefficient (Wildman–Crippen LogP) is 3.11. The molecule has 6 nitrogen and oxygen atoms in total. The summed E-state index contributed by atoms with van der Waals surface area (Å²) in [6.45, 7) is 13.2. The summed E-state index contributed by atoms with van der Waals surface area (Å²) in [7, 11) is 0. The van der Waals surface area contributed by atoms with Gasteiger partial charge in [-0.1, -0.05) is 24.3 Å². The van der Waals surface area contributed by atoms with E-state index in [2.05, 4.69) is 78.1 Å². The number of benzene rings is 1. The minimum absolute atomic E-state index is 1.03. The first-order valence-electron chi connectivity index (χ1n) is 12.6. The first kappa shape index (κ1) is 23.1. The van der Waals surface area contributed by atoms with E-state index in [9.17, 15) is 0 Å². The molecule has 2 aliphatic heterocycles. The lowest BCUT2D eigenvalue weighted by Crippen LogP contribution is -2.45. The Kier molecular flexibility index (Phi) is 7.93. The summed E-state index contributed by atoms with van der Waals surface area (Å²) in [5, 5.41) is 0. The highest BCUT2D eigenvalue weighted by molar-refractivity contribution is 5.22. The van der Waals surface area contributed by atoms with Gasteiger partial charge >= 0.3 is 0 Å². The van der Waals surface area contributed by atoms with Crippen LogP contribution in [0.5, 0.6) is 0 Å². The topological polar surface area (TPSA) is 38.7 Å². The number of hydrogen-bond acceptors (Lipinski definition) is 6. The lowest BCUT2D eigenvalue weighted by molar-refractivity contribution is 0.121. The third-order valence-electron chi connectivity index (χ3n) is 7.08. The average molecular weight is 457 g/mol. The molecule has 0 atom stereocenters. The van der Waals surface area contributed by atoms with Gasteiger partial charge in [0.25, 0.3) is 0 Å². The van der Waals surface area contributed by atoms with Crippen molar-refractivity contribution in [2.75, 3.05) is 52.4 Å². The molecule has 178 valence electrons. The first-order valence-corrected chi connectivity index (χ1v) is 12.6. The molecule has 34 heavy (non-hydrogen) atoms. The lowest BCUT2D eigenvalue weighted by atomic mass is 10.1. The minimum atomic E-state index is 1.03. The van der Waals surface area contributed by atoms with E-state index in [4.69, 9.17) is 0 Å². The van der Waals surface area contributed by atoms with E-state index in [1.165, 1.54) is 22.3 Å². The highest BCUT2D eigenvalue weighted by Crippen LogP contribution is 2.15. The summed E-state index contributed by atoms with van der Waals surface area (Å²) in [6.07, 6.45) is 7.55. The third kappa shape index (κ3) is 6.70. The molecule has 3 aromatic rings. The van der Waals surface area contributed by atoms with Crippen molar-refractivity contribution in [2.45, 2.75) is 26.2 Å². The molecule has 0 unspecified atom stereocenters. The fourth-order valence-corrected chi connectivity index (χ4v) is 4.97. The Morgan fingerprint density at radius 2 is 0.618 bits per heavy atom. The second-order valence-corrected chi connectivity index (χ2v) is 9.63. The molecule has 0 bridgehead atoms. The van der Waals surface area contributed by atoms with Crippen LogP contribution >= 0.6 is 0 Å². The molecule has 0 radical (unpaired) electrons. The summed E-state index contributed by atoms with van der Waals surface area (Å²) >= 11 is 0. The van der Waals surface area contributed by atoms with Gasteiger partial charge in [-0.05, 0) is 46.5 Å². The van der Waals surface area contributed by atoms with Gasteiger partial charge in [-0.3, -0.25) is 29.6 Å². The van der Waals surface area contributed by atoms with Crippen LogP contribution in [0, 0.1) is 0 Å². The van der Waals surface area contributed by atoms with Crippen LogP contribution < -0.4 is 0 Å². The number of nitrogens with zero attached hydrogens (tertiary/aromatic N) is 6. The minimum Gasteiger partial charge on any atom is -0.297 e. The molecule has 1 aromatic carbocycles. The molecule has 2 saturated heterocycles. The second-order valence-electron chi connectivity index (χ2n) is 9.63. The summed E-state index contributed by atoms with van der Waals surface area (Å²) in [5.41, 5.74) is 5.56. The van der Waals surface area contributed by atoms with E-state index >= 15 is 0 Å². The van der Waals surface area contributed by atoms with Crippen molar-refractivity contribution in [3.05, 3.63) is 95.6 Å². The summed E-state index contributed by atoms with van der Waals surface area (Å²) < 4.78 is 0. The normalized spacial score (nSPS) is 18.8. The van der Waals surface area contributed by atoms with Crippen LogP contribution in [0.4, 0.5) is 0 Å². The molecular weight excluding hydrogens is 420 g/mol. The SMILES string of the molecule is c1cc(CN2CCN(Cc3ccc(CN4CCN(Cc5ccncc5)CC4)cc3)CC2)ccn1. The molecule has 0 amide bonds. The maximum atomic E-state index is 4.12. The van der Waals surface area contributed by atoms with Crippen molar-refractivity contribution >= 4 is 0 Å². The molecule has 2 aromatic heterocycles. The Bertz CT molecular complexity index is 896. The van der Waals surface area contributed by atoms with Gasteiger partial charge in [-0.25, -0.2) is 0 Å². The van der Waals surface area contributed by atoms with Crippen LogP contribution in [0.3, 0.4) is 0 Å². The van der Waals surface area contributed by atoms with Gasteiger partial charge in [0.2, 0.25) is 0 Å². The zero-order chi connectivity index (χ0) is 23.0.